The van der Waals surface area contributed by atoms with Gasteiger partial charge in [0, 0.05) is 27.1 Å². The van der Waals surface area contributed by atoms with Gasteiger partial charge in [0.1, 0.15) is 0 Å². The smallest absolute Gasteiger partial charge is 0.235 e. The average Bonchev–Trinajstić information content (AvgIpc) is 0.913. The van der Waals surface area contributed by atoms with E-state index in [9.17, 15) is 0 Å². The zero-order valence-electron chi connectivity index (χ0n) is 55.3. The Hall–Kier alpha value is -13.2. The predicted octanol–water partition coefficient (Wildman–Crippen LogP) is 21.9. The fourth-order valence-electron chi connectivity index (χ4n) is 16.2. The van der Waals surface area contributed by atoms with Gasteiger partial charge in [0.05, 0.1) is 61.1 Å². The molecule has 6 nitrogen and oxygen atoms in total. The van der Waals surface area contributed by atoms with Crippen molar-refractivity contribution < 1.29 is 0 Å². The van der Waals surface area contributed by atoms with Crippen molar-refractivity contribution in [2.45, 2.75) is 16.2 Å². The van der Waals surface area contributed by atoms with Crippen LogP contribution in [0.15, 0.2) is 400 Å². The summed E-state index contributed by atoms with van der Waals surface area (Å²) in [4.78, 5) is 23.6. The first-order chi connectivity index (χ1) is 50.1. The van der Waals surface area contributed by atoms with E-state index in [1.54, 1.807) is 0 Å². The molecule has 0 saturated carbocycles. The molecule has 6 heteroatoms. The summed E-state index contributed by atoms with van der Waals surface area (Å²) in [5.74, 6) is 1.14. The van der Waals surface area contributed by atoms with Gasteiger partial charge in [0.25, 0.3) is 0 Å². The molecule has 4 heterocycles. The van der Waals surface area contributed by atoms with E-state index in [1.807, 2.05) is 0 Å². The summed E-state index contributed by atoms with van der Waals surface area (Å²) >= 11 is 0. The van der Waals surface area contributed by atoms with Crippen molar-refractivity contribution >= 4 is 43.6 Å². The number of hydrogen-bond donors (Lipinski definition) is 0. The van der Waals surface area contributed by atoms with Crippen molar-refractivity contribution in [3.8, 4) is 34.3 Å². The quantitative estimate of drug-likeness (QED) is 0.0905. The van der Waals surface area contributed by atoms with Gasteiger partial charge in [-0.15, -0.1) is 0 Å². The van der Waals surface area contributed by atoms with E-state index in [0.717, 1.165) is 133 Å². The van der Waals surface area contributed by atoms with E-state index in [-0.39, 0.29) is 0 Å². The van der Waals surface area contributed by atoms with Crippen LogP contribution in [-0.2, 0) is 16.2 Å². The minimum atomic E-state index is -0.935. The predicted molar refractivity (Wildman–Crippen MR) is 412 cm³/mol. The highest BCUT2D eigenvalue weighted by atomic mass is 15.2. The summed E-state index contributed by atoms with van der Waals surface area (Å²) in [5.41, 5.74) is 17.6. The fourth-order valence-corrected chi connectivity index (χ4v) is 16.2. The van der Waals surface area contributed by atoms with E-state index in [0.29, 0.717) is 11.9 Å². The normalized spacial score (nSPS) is 12.0. The van der Waals surface area contributed by atoms with E-state index < -0.39 is 16.2 Å². The molecule has 0 bridgehead atoms. The molecule has 0 saturated heterocycles. The zero-order chi connectivity index (χ0) is 67.2. The average molecular weight is 1290 g/mol. The molecular formula is C95H66N6. The summed E-state index contributed by atoms with van der Waals surface area (Å²) < 4.78 is 4.56. The maximum atomic E-state index is 6.07. The molecule has 0 amide bonds. The monoisotopic (exact) mass is 1290 g/mol. The lowest BCUT2D eigenvalue weighted by atomic mass is 9.64. The molecule has 101 heavy (non-hydrogen) atoms. The van der Waals surface area contributed by atoms with E-state index in [1.165, 1.54) is 0 Å². The van der Waals surface area contributed by atoms with Gasteiger partial charge < -0.3 is 0 Å². The van der Waals surface area contributed by atoms with Crippen LogP contribution in [0, 0.1) is 0 Å². The van der Waals surface area contributed by atoms with Gasteiger partial charge in [-0.3, -0.25) is 9.13 Å². The maximum absolute atomic E-state index is 6.07. The van der Waals surface area contributed by atoms with Crippen molar-refractivity contribution in [1.82, 2.24) is 29.1 Å². The second-order valence-corrected chi connectivity index (χ2v) is 26.0. The molecule has 0 atom stereocenters. The number of fused-ring (bicyclic) bond motifs is 6. The number of para-hydroxylation sites is 2. The standard InChI is InChI=1S/C95H66N6/c1-11-35-67(36-12-1)83-65-88(93(70-37-13-2-14-38-70,71-39-15-3-16-40-71)72-41-17-4-18-42-72)97-91(96-83)100-84-57-33-31-55-79(84)81-63-68(59-61-86(81)100)69-60-62-87-82(64-69)80-56-32-34-58-85(80)101(87)92-98-89(94(73-43-19-5-20-44-73,74-45-21-6-22-46-74)75-47-23-7-24-48-75)66-90(99-92)95(76-49-25-8-26-50-76,77-51-27-9-28-52-77)78-53-29-10-30-54-78/h1-66H. The largest absolute Gasteiger partial charge is 0.278 e. The fraction of sp³-hybridized carbons (Fsp3) is 0.0316. The zero-order valence-corrected chi connectivity index (χ0v) is 55.3. The van der Waals surface area contributed by atoms with Crippen molar-refractivity contribution in [3.63, 3.8) is 0 Å². The first-order valence-electron chi connectivity index (χ1n) is 34.5. The van der Waals surface area contributed by atoms with Crippen molar-refractivity contribution in [1.29, 1.82) is 0 Å². The Morgan fingerprint density at radius 1 is 0.178 bits per heavy atom. The van der Waals surface area contributed by atoms with Gasteiger partial charge in [0.2, 0.25) is 11.9 Å². The third-order valence-corrected chi connectivity index (χ3v) is 20.6. The number of hydrogen-bond acceptors (Lipinski definition) is 4. The highest BCUT2D eigenvalue weighted by Gasteiger charge is 2.46. The van der Waals surface area contributed by atoms with Crippen LogP contribution in [0.25, 0.3) is 77.9 Å². The van der Waals surface area contributed by atoms with Gasteiger partial charge in [-0.1, -0.05) is 352 Å². The molecule has 0 aliphatic rings. The second-order valence-electron chi connectivity index (χ2n) is 26.0. The highest BCUT2D eigenvalue weighted by Crippen LogP contribution is 2.51. The van der Waals surface area contributed by atoms with Gasteiger partial charge in [-0.05, 0) is 110 Å². The topological polar surface area (TPSA) is 61.4 Å². The van der Waals surface area contributed by atoms with Crippen LogP contribution in [-0.4, -0.2) is 29.1 Å². The molecule has 18 rings (SSSR count). The molecule has 0 fully saturated rings. The molecule has 18 aromatic rings. The van der Waals surface area contributed by atoms with Crippen LogP contribution in [0.3, 0.4) is 0 Å². The first kappa shape index (κ1) is 60.3. The number of rotatable bonds is 16. The van der Waals surface area contributed by atoms with Crippen molar-refractivity contribution in [3.05, 3.63) is 468 Å². The molecule has 4 aromatic heterocycles. The molecule has 0 aliphatic carbocycles. The summed E-state index contributed by atoms with van der Waals surface area (Å²) in [6.45, 7) is 0. The Kier molecular flexibility index (Phi) is 15.1. The summed E-state index contributed by atoms with van der Waals surface area (Å²) in [7, 11) is 0. The maximum Gasteiger partial charge on any atom is 0.235 e. The Morgan fingerprint density at radius 3 is 0.713 bits per heavy atom. The molecule has 0 radical (unpaired) electrons. The molecule has 0 unspecified atom stereocenters. The molecule has 0 N–H and O–H groups in total. The number of aromatic nitrogens is 6. The first-order valence-corrected chi connectivity index (χ1v) is 34.5. The summed E-state index contributed by atoms with van der Waals surface area (Å²) in [6, 6.07) is 144. The third-order valence-electron chi connectivity index (χ3n) is 20.6. The van der Waals surface area contributed by atoms with Gasteiger partial charge in [-0.25, -0.2) is 19.9 Å². The Balaban J connectivity index is 0.867. The SMILES string of the molecule is c1ccc(-c2cc(C(c3ccccc3)(c3ccccc3)c3ccccc3)nc(-n3c4ccccc4c4cc(-c5ccc6c(c5)c5ccccc5n6-c5nc(C(c6ccccc6)(c6ccccc6)c6ccccc6)cc(C(c6ccccc6)(c6ccccc6)c6ccccc6)n5)ccc43)n2)cc1. The lowest BCUT2D eigenvalue weighted by molar-refractivity contribution is 0.665. The molecule has 14 aromatic carbocycles. The molecule has 476 valence electrons. The lowest BCUT2D eigenvalue weighted by Crippen LogP contribution is -2.36. The number of nitrogens with zero attached hydrogens (tertiary/aromatic N) is 6. The van der Waals surface area contributed by atoms with Crippen LogP contribution in [0.4, 0.5) is 0 Å². The Bertz CT molecular complexity index is 5540. The van der Waals surface area contributed by atoms with Crippen LogP contribution in [0.2, 0.25) is 0 Å². The number of benzene rings is 14. The lowest BCUT2D eigenvalue weighted by Gasteiger charge is -2.39. The molecule has 0 aliphatic heterocycles. The minimum absolute atomic E-state index is 0.556. The minimum Gasteiger partial charge on any atom is -0.278 e. The van der Waals surface area contributed by atoms with Crippen molar-refractivity contribution in [2.75, 3.05) is 0 Å². The Labute approximate surface area is 587 Å². The molecular weight excluding hydrogens is 1230 g/mol. The summed E-state index contributed by atoms with van der Waals surface area (Å²) in [5, 5.41) is 4.35. The van der Waals surface area contributed by atoms with Crippen LogP contribution in [0.5, 0.6) is 0 Å². The van der Waals surface area contributed by atoms with E-state index in [2.05, 4.69) is 410 Å². The van der Waals surface area contributed by atoms with E-state index in [4.69, 9.17) is 19.9 Å². The highest BCUT2D eigenvalue weighted by molar-refractivity contribution is 6.12. The third kappa shape index (κ3) is 9.93. The van der Waals surface area contributed by atoms with Gasteiger partial charge in [0.15, 0.2) is 0 Å². The van der Waals surface area contributed by atoms with Gasteiger partial charge in [-0.2, -0.15) is 0 Å². The van der Waals surface area contributed by atoms with Crippen LogP contribution >= 0.6 is 0 Å². The van der Waals surface area contributed by atoms with Gasteiger partial charge >= 0.3 is 0 Å². The van der Waals surface area contributed by atoms with E-state index >= 15 is 0 Å². The second kappa shape index (κ2) is 25.4. The molecule has 0 spiro atoms. The van der Waals surface area contributed by atoms with Crippen LogP contribution < -0.4 is 0 Å². The Morgan fingerprint density at radius 2 is 0.416 bits per heavy atom. The summed E-state index contributed by atoms with van der Waals surface area (Å²) in [6.07, 6.45) is 0. The van der Waals surface area contributed by atoms with Crippen molar-refractivity contribution in [2.24, 2.45) is 0 Å². The van der Waals surface area contributed by atoms with Crippen LogP contribution in [0.1, 0.15) is 67.2 Å².